The molecule has 0 aromatic heterocycles. The average molecular weight is 206 g/mol. The fourth-order valence-corrected chi connectivity index (χ4v) is 0.933. The highest BCUT2D eigenvalue weighted by molar-refractivity contribution is 5.84. The average Bonchev–Trinajstić information content (AvgIpc) is 2.21. The van der Waals surface area contributed by atoms with Crippen molar-refractivity contribution in [2.24, 2.45) is 4.99 Å². The minimum absolute atomic E-state index is 0.248. The van der Waals surface area contributed by atoms with Crippen LogP contribution in [0, 0.1) is 17.0 Å². The number of rotatable bonds is 4. The summed E-state index contributed by atoms with van der Waals surface area (Å²) < 4.78 is 0. The minimum Gasteiger partial charge on any atom is -0.295 e. The van der Waals surface area contributed by atoms with Gasteiger partial charge in [-0.05, 0) is 19.1 Å². The maximum Gasteiger partial charge on any atom is 0.302 e. The first-order valence-corrected chi connectivity index (χ1v) is 4.33. The molecule has 0 heterocycles. The number of nitro groups is 1. The summed E-state index contributed by atoms with van der Waals surface area (Å²) in [7, 11) is 0. The highest BCUT2D eigenvalue weighted by Crippen LogP contribution is 2.11. The zero-order chi connectivity index (χ0) is 11.3. The first kappa shape index (κ1) is 11.0. The second kappa shape index (κ2) is 4.99. The van der Waals surface area contributed by atoms with E-state index in [4.69, 9.17) is 0 Å². The topological polar surface area (TPSA) is 72.6 Å². The molecule has 0 saturated carbocycles. The van der Waals surface area contributed by atoms with Crippen molar-refractivity contribution in [2.45, 2.75) is 13.0 Å². The molecule has 0 spiro atoms. The van der Waals surface area contributed by atoms with Gasteiger partial charge in [0.2, 0.25) is 0 Å². The Kier molecular flexibility index (Phi) is 3.68. The third kappa shape index (κ3) is 3.30. The van der Waals surface area contributed by atoms with Crippen LogP contribution in [-0.2, 0) is 4.79 Å². The van der Waals surface area contributed by atoms with E-state index in [9.17, 15) is 14.9 Å². The van der Waals surface area contributed by atoms with Crippen molar-refractivity contribution in [1.82, 2.24) is 0 Å². The summed E-state index contributed by atoms with van der Waals surface area (Å²) >= 11 is 0. The molecule has 0 aliphatic heterocycles. The van der Waals surface area contributed by atoms with Crippen molar-refractivity contribution in [2.75, 3.05) is 0 Å². The molecule has 0 aliphatic rings. The van der Waals surface area contributed by atoms with E-state index in [1.165, 1.54) is 0 Å². The van der Waals surface area contributed by atoms with E-state index in [1.54, 1.807) is 12.1 Å². The Morgan fingerprint density at radius 1 is 1.40 bits per heavy atom. The molecule has 0 N–H and O–H groups in total. The first-order valence-electron chi connectivity index (χ1n) is 4.33. The van der Waals surface area contributed by atoms with E-state index in [1.807, 2.05) is 19.1 Å². The normalized spacial score (nSPS) is 12.6. The molecule has 0 unspecified atom stereocenters. The zero-order valence-corrected chi connectivity index (χ0v) is 8.16. The summed E-state index contributed by atoms with van der Waals surface area (Å²) in [6, 6.07) is 5.77. The smallest absolute Gasteiger partial charge is 0.295 e. The number of aryl methyl sites for hydroxylation is 1. The van der Waals surface area contributed by atoms with Crippen LogP contribution in [0.4, 0.5) is 5.69 Å². The van der Waals surface area contributed by atoms with Crippen molar-refractivity contribution >= 4 is 18.2 Å². The third-order valence-electron chi connectivity index (χ3n) is 1.79. The van der Waals surface area contributed by atoms with Crippen LogP contribution in [0.15, 0.2) is 29.3 Å². The van der Waals surface area contributed by atoms with E-state index in [0.29, 0.717) is 5.69 Å². The van der Waals surface area contributed by atoms with Crippen molar-refractivity contribution < 1.29 is 9.72 Å². The van der Waals surface area contributed by atoms with E-state index in [2.05, 4.69) is 4.99 Å². The Hall–Kier alpha value is -2.04. The van der Waals surface area contributed by atoms with Gasteiger partial charge in [0, 0.05) is 4.92 Å². The van der Waals surface area contributed by atoms with Gasteiger partial charge in [-0.15, -0.1) is 0 Å². The molecule has 1 rings (SSSR count). The van der Waals surface area contributed by atoms with Gasteiger partial charge in [-0.2, -0.15) is 0 Å². The van der Waals surface area contributed by atoms with E-state index in [-0.39, 0.29) is 6.29 Å². The van der Waals surface area contributed by atoms with E-state index < -0.39 is 11.0 Å². The highest BCUT2D eigenvalue weighted by Gasteiger charge is 2.14. The number of carbonyl (C=O) groups excluding carboxylic acids is 1. The largest absolute Gasteiger partial charge is 0.302 e. The Bertz CT molecular complexity index is 384. The van der Waals surface area contributed by atoms with Crippen molar-refractivity contribution in [3.63, 3.8) is 0 Å². The Balaban J connectivity index is 2.76. The lowest BCUT2D eigenvalue weighted by Crippen LogP contribution is -2.22. The quantitative estimate of drug-likeness (QED) is 0.324. The molecule has 1 aromatic carbocycles. The molecule has 0 bridgehead atoms. The second-order valence-corrected chi connectivity index (χ2v) is 3.03. The lowest BCUT2D eigenvalue weighted by Gasteiger charge is -1.96. The first-order chi connectivity index (χ1) is 7.13. The molecule has 0 amide bonds. The molecular formula is C10H10N2O3. The van der Waals surface area contributed by atoms with Crippen LogP contribution < -0.4 is 0 Å². The van der Waals surface area contributed by atoms with Crippen LogP contribution in [0.5, 0.6) is 0 Å². The highest BCUT2D eigenvalue weighted by atomic mass is 16.6. The van der Waals surface area contributed by atoms with E-state index >= 15 is 0 Å². The minimum atomic E-state index is -1.37. The number of aliphatic imine (C=N–C) groups is 1. The predicted octanol–water partition coefficient (Wildman–Crippen LogP) is 1.54. The van der Waals surface area contributed by atoms with E-state index in [0.717, 1.165) is 11.8 Å². The monoisotopic (exact) mass is 206 g/mol. The lowest BCUT2D eigenvalue weighted by molar-refractivity contribution is -0.485. The molecule has 1 aromatic rings. The number of aldehydes is 1. The SMILES string of the molecule is Cc1ccc(N=C[C@H](C=O)[N+](=O)[O-])cc1. The molecule has 1 atom stereocenters. The third-order valence-corrected chi connectivity index (χ3v) is 1.79. The van der Waals surface area contributed by atoms with Crippen LogP contribution in [0.25, 0.3) is 0 Å². The summed E-state index contributed by atoms with van der Waals surface area (Å²) in [5.41, 5.74) is 1.67. The van der Waals surface area contributed by atoms with Gasteiger partial charge in [-0.25, -0.2) is 0 Å². The van der Waals surface area contributed by atoms with Crippen LogP contribution in [-0.4, -0.2) is 23.5 Å². The Morgan fingerprint density at radius 3 is 2.47 bits per heavy atom. The van der Waals surface area contributed by atoms with Crippen LogP contribution in [0.1, 0.15) is 5.56 Å². The Labute approximate surface area is 86.6 Å². The van der Waals surface area contributed by atoms with Crippen molar-refractivity contribution in [3.8, 4) is 0 Å². The maximum atomic E-state index is 10.3. The van der Waals surface area contributed by atoms with Gasteiger partial charge in [-0.3, -0.25) is 19.9 Å². The predicted molar refractivity (Wildman–Crippen MR) is 56.2 cm³/mol. The number of hydrogen-bond donors (Lipinski definition) is 0. The van der Waals surface area contributed by atoms with Gasteiger partial charge < -0.3 is 0 Å². The van der Waals surface area contributed by atoms with Crippen molar-refractivity contribution in [1.29, 1.82) is 0 Å². The fraction of sp³-hybridized carbons (Fsp3) is 0.200. The summed E-state index contributed by atoms with van der Waals surface area (Å²) in [6.45, 7) is 1.93. The van der Waals surface area contributed by atoms with Gasteiger partial charge in [0.15, 0.2) is 6.29 Å². The number of benzene rings is 1. The summed E-state index contributed by atoms with van der Waals surface area (Å²) in [6.07, 6.45) is 1.27. The number of carbonyl (C=O) groups is 1. The zero-order valence-electron chi connectivity index (χ0n) is 8.16. The summed E-state index contributed by atoms with van der Waals surface area (Å²) in [4.78, 5) is 23.7. The van der Waals surface area contributed by atoms with Crippen molar-refractivity contribution in [3.05, 3.63) is 39.9 Å². The van der Waals surface area contributed by atoms with Gasteiger partial charge in [0.05, 0.1) is 11.9 Å². The van der Waals surface area contributed by atoms with Gasteiger partial charge in [-0.1, -0.05) is 17.7 Å². The molecule has 0 saturated heterocycles. The molecule has 0 fully saturated rings. The number of hydrogen-bond acceptors (Lipinski definition) is 4. The molecule has 0 radical (unpaired) electrons. The molecule has 15 heavy (non-hydrogen) atoms. The van der Waals surface area contributed by atoms with Crippen LogP contribution in [0.3, 0.4) is 0 Å². The van der Waals surface area contributed by atoms with Gasteiger partial charge in [0.25, 0.3) is 0 Å². The Morgan fingerprint density at radius 2 is 2.00 bits per heavy atom. The molecular weight excluding hydrogens is 196 g/mol. The molecule has 5 heteroatoms. The standard InChI is InChI=1S/C10H10N2O3/c1-8-2-4-9(5-3-8)11-6-10(7-13)12(14)15/h2-7,10H,1H3/t10-/m1/s1. The second-order valence-electron chi connectivity index (χ2n) is 3.03. The lowest BCUT2D eigenvalue weighted by atomic mass is 10.2. The van der Waals surface area contributed by atoms with Gasteiger partial charge in [0.1, 0.15) is 0 Å². The molecule has 5 nitrogen and oxygen atoms in total. The fourth-order valence-electron chi connectivity index (χ4n) is 0.933. The van der Waals surface area contributed by atoms with Crippen LogP contribution in [0.2, 0.25) is 0 Å². The molecule has 0 aliphatic carbocycles. The maximum absolute atomic E-state index is 10.3. The molecule has 78 valence electrons. The number of nitrogens with zero attached hydrogens (tertiary/aromatic N) is 2. The van der Waals surface area contributed by atoms with Gasteiger partial charge >= 0.3 is 6.04 Å². The summed E-state index contributed by atoms with van der Waals surface area (Å²) in [5, 5.41) is 10.3. The summed E-state index contributed by atoms with van der Waals surface area (Å²) in [5.74, 6) is 0. The van der Waals surface area contributed by atoms with Crippen LogP contribution >= 0.6 is 0 Å².